The Morgan fingerprint density at radius 1 is 1.45 bits per heavy atom. The van der Waals surface area contributed by atoms with Gasteiger partial charge in [0.15, 0.2) is 0 Å². The van der Waals surface area contributed by atoms with Gasteiger partial charge in [0, 0.05) is 26.7 Å². The highest BCUT2D eigenvalue weighted by atomic mass is 19.1. The van der Waals surface area contributed by atoms with Crippen molar-refractivity contribution in [2.75, 3.05) is 45.3 Å². The van der Waals surface area contributed by atoms with Crippen LogP contribution in [-0.4, -0.2) is 55.9 Å². The zero-order valence-electron chi connectivity index (χ0n) is 11.9. The summed E-state index contributed by atoms with van der Waals surface area (Å²) in [7, 11) is 1.54. The van der Waals surface area contributed by atoms with E-state index in [9.17, 15) is 9.18 Å². The largest absolute Gasteiger partial charge is 0.395 e. The number of carbonyl (C=O) groups excluding carboxylic acids is 1. The van der Waals surface area contributed by atoms with Crippen LogP contribution in [-0.2, 0) is 4.74 Å². The van der Waals surface area contributed by atoms with Crippen LogP contribution in [0.15, 0.2) is 18.2 Å². The fourth-order valence-corrected chi connectivity index (χ4v) is 1.87. The molecule has 0 saturated carbocycles. The third-order valence-electron chi connectivity index (χ3n) is 2.82. The van der Waals surface area contributed by atoms with Crippen LogP contribution in [0, 0.1) is 5.82 Å². The van der Waals surface area contributed by atoms with E-state index < -0.39 is 5.82 Å². The van der Waals surface area contributed by atoms with Gasteiger partial charge in [-0.3, -0.25) is 4.79 Å². The molecule has 20 heavy (non-hydrogen) atoms. The molecule has 0 saturated heterocycles. The number of nitrogens with zero attached hydrogens (tertiary/aromatic N) is 1. The van der Waals surface area contributed by atoms with E-state index in [1.165, 1.54) is 24.1 Å². The van der Waals surface area contributed by atoms with Crippen molar-refractivity contribution in [3.8, 4) is 0 Å². The van der Waals surface area contributed by atoms with Crippen molar-refractivity contribution < 1.29 is 19.0 Å². The molecule has 6 heteroatoms. The Kier molecular flexibility index (Phi) is 6.97. The van der Waals surface area contributed by atoms with Crippen molar-refractivity contribution in [2.24, 2.45) is 0 Å². The minimum atomic E-state index is -0.464. The lowest BCUT2D eigenvalue weighted by Crippen LogP contribution is -2.36. The number of nitrogens with one attached hydrogen (secondary N) is 1. The molecule has 0 aliphatic heterocycles. The van der Waals surface area contributed by atoms with Crippen LogP contribution in [0.4, 0.5) is 10.1 Å². The third kappa shape index (κ3) is 4.18. The standard InChI is InChI=1S/C14H21FN2O3/c1-3-16-13-11(5-4-6-12(13)15)14(19)17(7-9-18)8-10-20-2/h4-6,16,18H,3,7-10H2,1-2H3. The first-order valence-corrected chi connectivity index (χ1v) is 6.57. The number of carbonyl (C=O) groups is 1. The zero-order valence-corrected chi connectivity index (χ0v) is 11.9. The lowest BCUT2D eigenvalue weighted by Gasteiger charge is -2.23. The SMILES string of the molecule is CCNc1c(F)cccc1C(=O)N(CCO)CCOC. The highest BCUT2D eigenvalue weighted by molar-refractivity contribution is 5.99. The highest BCUT2D eigenvalue weighted by Gasteiger charge is 2.20. The lowest BCUT2D eigenvalue weighted by atomic mass is 10.1. The summed E-state index contributed by atoms with van der Waals surface area (Å²) in [6.07, 6.45) is 0. The van der Waals surface area contributed by atoms with Crippen LogP contribution in [0.3, 0.4) is 0 Å². The molecular weight excluding hydrogens is 263 g/mol. The molecule has 1 rings (SSSR count). The maximum absolute atomic E-state index is 13.8. The zero-order chi connectivity index (χ0) is 15.0. The Morgan fingerprint density at radius 3 is 2.80 bits per heavy atom. The molecule has 2 N–H and O–H groups in total. The number of aliphatic hydroxyl groups is 1. The average molecular weight is 284 g/mol. The number of hydrogen-bond acceptors (Lipinski definition) is 4. The van der Waals surface area contributed by atoms with Crippen molar-refractivity contribution in [1.82, 2.24) is 4.90 Å². The van der Waals surface area contributed by atoms with Crippen molar-refractivity contribution >= 4 is 11.6 Å². The first kappa shape index (κ1) is 16.4. The molecular formula is C14H21FN2O3. The Balaban J connectivity index is 3.01. The predicted octanol–water partition coefficient (Wildman–Crippen LogP) is 1.34. The second kappa shape index (κ2) is 8.50. The van der Waals surface area contributed by atoms with Crippen molar-refractivity contribution in [2.45, 2.75) is 6.92 Å². The van der Waals surface area contributed by atoms with Gasteiger partial charge in [0.1, 0.15) is 5.82 Å². The monoisotopic (exact) mass is 284 g/mol. The van der Waals surface area contributed by atoms with E-state index in [0.29, 0.717) is 19.7 Å². The minimum Gasteiger partial charge on any atom is -0.395 e. The van der Waals surface area contributed by atoms with E-state index in [-0.39, 0.29) is 30.3 Å². The Bertz CT molecular complexity index is 440. The molecule has 112 valence electrons. The number of amides is 1. The molecule has 1 aromatic carbocycles. The van der Waals surface area contributed by atoms with Crippen molar-refractivity contribution in [3.63, 3.8) is 0 Å². The molecule has 0 aliphatic carbocycles. The van der Waals surface area contributed by atoms with E-state index in [1.54, 1.807) is 6.07 Å². The molecule has 0 aliphatic rings. The van der Waals surface area contributed by atoms with Gasteiger partial charge in [0.25, 0.3) is 5.91 Å². The first-order chi connectivity index (χ1) is 9.65. The van der Waals surface area contributed by atoms with Gasteiger partial charge in [-0.25, -0.2) is 4.39 Å². The topological polar surface area (TPSA) is 61.8 Å². The second-order valence-corrected chi connectivity index (χ2v) is 4.20. The van der Waals surface area contributed by atoms with E-state index in [4.69, 9.17) is 9.84 Å². The average Bonchev–Trinajstić information content (AvgIpc) is 2.45. The Labute approximate surface area is 118 Å². The van der Waals surface area contributed by atoms with E-state index in [0.717, 1.165) is 0 Å². The molecule has 0 spiro atoms. The van der Waals surface area contributed by atoms with E-state index in [2.05, 4.69) is 5.32 Å². The van der Waals surface area contributed by atoms with Gasteiger partial charge in [0.05, 0.1) is 24.5 Å². The van der Waals surface area contributed by atoms with Crippen LogP contribution in [0.1, 0.15) is 17.3 Å². The third-order valence-corrected chi connectivity index (χ3v) is 2.82. The molecule has 0 atom stereocenters. The van der Waals surface area contributed by atoms with Crippen molar-refractivity contribution in [3.05, 3.63) is 29.6 Å². The summed E-state index contributed by atoms with van der Waals surface area (Å²) in [5, 5.41) is 11.9. The molecule has 0 heterocycles. The summed E-state index contributed by atoms with van der Waals surface area (Å²) >= 11 is 0. The molecule has 0 unspecified atom stereocenters. The summed E-state index contributed by atoms with van der Waals surface area (Å²) in [5.74, 6) is -0.792. The van der Waals surface area contributed by atoms with Crippen LogP contribution in [0.25, 0.3) is 0 Å². The quantitative estimate of drug-likeness (QED) is 0.756. The normalized spacial score (nSPS) is 10.4. The first-order valence-electron chi connectivity index (χ1n) is 6.57. The number of ether oxygens (including phenoxy) is 1. The number of anilines is 1. The summed E-state index contributed by atoms with van der Waals surface area (Å²) in [4.78, 5) is 13.9. The molecule has 0 aromatic heterocycles. The molecule has 0 fully saturated rings. The Hall–Kier alpha value is -1.66. The number of aliphatic hydroxyl groups excluding tert-OH is 1. The van der Waals surface area contributed by atoms with Crippen LogP contribution in [0.5, 0.6) is 0 Å². The molecule has 0 radical (unpaired) electrons. The molecule has 5 nitrogen and oxygen atoms in total. The van der Waals surface area contributed by atoms with Gasteiger partial charge < -0.3 is 20.1 Å². The fraction of sp³-hybridized carbons (Fsp3) is 0.500. The Morgan fingerprint density at radius 2 is 2.20 bits per heavy atom. The maximum Gasteiger partial charge on any atom is 0.256 e. The summed E-state index contributed by atoms with van der Waals surface area (Å²) in [5.41, 5.74) is 0.455. The van der Waals surface area contributed by atoms with Gasteiger partial charge >= 0.3 is 0 Å². The smallest absolute Gasteiger partial charge is 0.256 e. The van der Waals surface area contributed by atoms with Crippen LogP contribution >= 0.6 is 0 Å². The molecule has 0 bridgehead atoms. The number of halogens is 1. The van der Waals surface area contributed by atoms with Gasteiger partial charge in [-0.05, 0) is 19.1 Å². The number of methoxy groups -OCH3 is 1. The summed E-state index contributed by atoms with van der Waals surface area (Å²) in [6, 6.07) is 4.37. The van der Waals surface area contributed by atoms with Crippen LogP contribution < -0.4 is 5.32 Å². The van der Waals surface area contributed by atoms with Crippen LogP contribution in [0.2, 0.25) is 0 Å². The maximum atomic E-state index is 13.8. The molecule has 1 amide bonds. The second-order valence-electron chi connectivity index (χ2n) is 4.20. The van der Waals surface area contributed by atoms with E-state index >= 15 is 0 Å². The number of para-hydroxylation sites is 1. The summed E-state index contributed by atoms with van der Waals surface area (Å²) < 4.78 is 18.7. The number of benzene rings is 1. The van der Waals surface area contributed by atoms with Crippen molar-refractivity contribution in [1.29, 1.82) is 0 Å². The summed E-state index contributed by atoms with van der Waals surface area (Å²) in [6.45, 7) is 3.08. The van der Waals surface area contributed by atoms with Gasteiger partial charge in [-0.2, -0.15) is 0 Å². The van der Waals surface area contributed by atoms with E-state index in [1.807, 2.05) is 6.92 Å². The van der Waals surface area contributed by atoms with Gasteiger partial charge in [-0.1, -0.05) is 6.07 Å². The predicted molar refractivity (Wildman–Crippen MR) is 75.4 cm³/mol. The fourth-order valence-electron chi connectivity index (χ4n) is 1.87. The van der Waals surface area contributed by atoms with Gasteiger partial charge in [-0.15, -0.1) is 0 Å². The number of rotatable bonds is 8. The highest BCUT2D eigenvalue weighted by Crippen LogP contribution is 2.21. The van der Waals surface area contributed by atoms with Gasteiger partial charge in [0.2, 0.25) is 0 Å². The molecule has 1 aromatic rings. The number of hydrogen-bond donors (Lipinski definition) is 2. The minimum absolute atomic E-state index is 0.151. The lowest BCUT2D eigenvalue weighted by molar-refractivity contribution is 0.0657.